The molecule has 3 nitrogen and oxygen atoms in total. The van der Waals surface area contributed by atoms with Crippen molar-refractivity contribution in [3.8, 4) is 5.75 Å². The largest absolute Gasteiger partial charge is 0.492 e. The van der Waals surface area contributed by atoms with E-state index in [4.69, 9.17) is 4.74 Å². The second-order valence-corrected chi connectivity index (χ2v) is 11.7. The Bertz CT molecular complexity index is 1570. The van der Waals surface area contributed by atoms with E-state index in [1.54, 1.807) is 0 Å². The van der Waals surface area contributed by atoms with Gasteiger partial charge in [-0.05, 0) is 64.9 Å². The zero-order valence-electron chi connectivity index (χ0n) is 29.8. The third-order valence-electron chi connectivity index (χ3n) is 8.85. The van der Waals surface area contributed by atoms with Crippen molar-refractivity contribution in [1.29, 1.82) is 0 Å². The Morgan fingerprint density at radius 3 is 1.40 bits per heavy atom. The van der Waals surface area contributed by atoms with Crippen LogP contribution in [0, 0.1) is 0 Å². The van der Waals surface area contributed by atoms with E-state index in [1.165, 1.54) is 39.0 Å². The molecule has 1 aliphatic heterocycles. The van der Waals surface area contributed by atoms with Crippen LogP contribution in [0.15, 0.2) is 146 Å². The zero-order valence-corrected chi connectivity index (χ0v) is 29.8. The lowest BCUT2D eigenvalue weighted by Gasteiger charge is -2.41. The fraction of sp³-hybridized carbons (Fsp3) is 0.289. The molecule has 0 bridgehead atoms. The van der Waals surface area contributed by atoms with E-state index >= 15 is 0 Å². The molecule has 0 amide bonds. The average molecular weight is 639 g/mol. The minimum atomic E-state index is 0.282. The number of allylic oxidation sites excluding steroid dienone is 1. The second kappa shape index (κ2) is 19.4. The highest BCUT2D eigenvalue weighted by Gasteiger charge is 2.28. The first-order valence-electron chi connectivity index (χ1n) is 17.8. The fourth-order valence-corrected chi connectivity index (χ4v) is 6.40. The predicted molar refractivity (Wildman–Crippen MR) is 206 cm³/mol. The summed E-state index contributed by atoms with van der Waals surface area (Å²) in [7, 11) is 0. The standard InChI is InChI=1S/C41H42N2O.2C2H6/c1-32(42-27-29-43(30-28-42)41(37-19-11-5-12-20-37)38-21-13-6-14-22-38)31-44-39-25-23-36(24-26-39)40(35-17-9-4-10-18-35)33(2)34-15-7-3-8-16-34;2*1-2/h3-26,32,41H,27-31H2,1-2H3;2*1-2H3/b40-33+;;. The van der Waals surface area contributed by atoms with Crippen LogP contribution in [-0.4, -0.2) is 48.6 Å². The molecular weight excluding hydrogens is 585 g/mol. The van der Waals surface area contributed by atoms with Crippen molar-refractivity contribution >= 4 is 11.1 Å². The first-order chi connectivity index (χ1) is 23.7. The van der Waals surface area contributed by atoms with Crippen molar-refractivity contribution in [3.05, 3.63) is 173 Å². The van der Waals surface area contributed by atoms with Crippen molar-refractivity contribution in [2.24, 2.45) is 0 Å². The van der Waals surface area contributed by atoms with Crippen molar-refractivity contribution < 1.29 is 4.74 Å². The van der Waals surface area contributed by atoms with Gasteiger partial charge in [0.05, 0.1) is 6.04 Å². The molecule has 5 aromatic carbocycles. The highest BCUT2D eigenvalue weighted by atomic mass is 16.5. The van der Waals surface area contributed by atoms with Crippen LogP contribution in [-0.2, 0) is 0 Å². The summed E-state index contributed by atoms with van der Waals surface area (Å²) in [6.45, 7) is 17.3. The van der Waals surface area contributed by atoms with Gasteiger partial charge in [-0.1, -0.05) is 161 Å². The van der Waals surface area contributed by atoms with Crippen LogP contribution >= 0.6 is 0 Å². The Morgan fingerprint density at radius 1 is 0.521 bits per heavy atom. The van der Waals surface area contributed by atoms with Gasteiger partial charge in [0, 0.05) is 32.2 Å². The van der Waals surface area contributed by atoms with Crippen LogP contribution in [0.25, 0.3) is 11.1 Å². The van der Waals surface area contributed by atoms with Gasteiger partial charge < -0.3 is 4.74 Å². The molecule has 1 atom stereocenters. The number of benzene rings is 5. The number of hydrogen-bond acceptors (Lipinski definition) is 3. The first kappa shape index (κ1) is 36.4. The van der Waals surface area contributed by atoms with E-state index in [0.717, 1.165) is 31.9 Å². The van der Waals surface area contributed by atoms with E-state index in [1.807, 2.05) is 27.7 Å². The van der Waals surface area contributed by atoms with Gasteiger partial charge in [-0.3, -0.25) is 9.80 Å². The Balaban J connectivity index is 0.00000125. The van der Waals surface area contributed by atoms with E-state index in [-0.39, 0.29) is 6.04 Å². The molecule has 5 aromatic rings. The summed E-state index contributed by atoms with van der Waals surface area (Å²) in [6.07, 6.45) is 0. The molecule has 1 saturated heterocycles. The molecule has 0 spiro atoms. The number of ether oxygens (including phenoxy) is 1. The molecule has 1 unspecified atom stereocenters. The fourth-order valence-electron chi connectivity index (χ4n) is 6.40. The van der Waals surface area contributed by atoms with Crippen molar-refractivity contribution in [1.82, 2.24) is 9.80 Å². The maximum Gasteiger partial charge on any atom is 0.119 e. The number of hydrogen-bond donors (Lipinski definition) is 0. The molecule has 1 fully saturated rings. The van der Waals surface area contributed by atoms with Crippen molar-refractivity contribution in [2.75, 3.05) is 32.8 Å². The third-order valence-corrected chi connectivity index (χ3v) is 8.85. The molecule has 0 aliphatic carbocycles. The average Bonchev–Trinajstić information content (AvgIpc) is 3.18. The summed E-state index contributed by atoms with van der Waals surface area (Å²) < 4.78 is 6.35. The smallest absolute Gasteiger partial charge is 0.119 e. The highest BCUT2D eigenvalue weighted by Crippen LogP contribution is 2.33. The lowest BCUT2D eigenvalue weighted by molar-refractivity contribution is 0.0654. The highest BCUT2D eigenvalue weighted by molar-refractivity contribution is 5.97. The van der Waals surface area contributed by atoms with Gasteiger partial charge in [0.25, 0.3) is 0 Å². The Kier molecular flexibility index (Phi) is 14.7. The van der Waals surface area contributed by atoms with Crippen LogP contribution in [0.3, 0.4) is 0 Å². The van der Waals surface area contributed by atoms with Gasteiger partial charge in [-0.2, -0.15) is 0 Å². The van der Waals surface area contributed by atoms with E-state index in [9.17, 15) is 0 Å². The van der Waals surface area contributed by atoms with Gasteiger partial charge >= 0.3 is 0 Å². The molecule has 0 radical (unpaired) electrons. The summed E-state index contributed by atoms with van der Waals surface area (Å²) in [5.41, 5.74) is 8.88. The molecule has 1 aliphatic rings. The summed E-state index contributed by atoms with van der Waals surface area (Å²) >= 11 is 0. The first-order valence-corrected chi connectivity index (χ1v) is 17.8. The second-order valence-electron chi connectivity index (χ2n) is 11.7. The zero-order chi connectivity index (χ0) is 34.1. The molecular formula is C45H54N2O. The summed E-state index contributed by atoms with van der Waals surface area (Å²) in [4.78, 5) is 5.19. The monoisotopic (exact) mass is 638 g/mol. The molecule has 0 N–H and O–H groups in total. The molecule has 0 saturated carbocycles. The minimum absolute atomic E-state index is 0.282. The molecule has 48 heavy (non-hydrogen) atoms. The van der Waals surface area contributed by atoms with E-state index in [0.29, 0.717) is 12.6 Å². The van der Waals surface area contributed by atoms with E-state index < -0.39 is 0 Å². The molecule has 1 heterocycles. The van der Waals surface area contributed by atoms with Crippen molar-refractivity contribution in [2.45, 2.75) is 53.6 Å². The SMILES string of the molecule is C/C(=C(/c1ccccc1)c1ccc(OCC(C)N2CCN(C(c3ccccc3)c3ccccc3)CC2)cc1)c1ccccc1.CC.CC. The molecule has 6 rings (SSSR count). The molecule has 0 aromatic heterocycles. The topological polar surface area (TPSA) is 15.7 Å². The normalized spacial score (nSPS) is 14.5. The third kappa shape index (κ3) is 9.56. The number of rotatable bonds is 10. The van der Waals surface area contributed by atoms with E-state index in [2.05, 4.69) is 169 Å². The van der Waals surface area contributed by atoms with Crippen LogP contribution in [0.4, 0.5) is 0 Å². The van der Waals surface area contributed by atoms with Crippen molar-refractivity contribution in [3.63, 3.8) is 0 Å². The van der Waals surface area contributed by atoms with Crippen LogP contribution in [0.5, 0.6) is 5.75 Å². The lowest BCUT2D eigenvalue weighted by atomic mass is 9.90. The van der Waals surface area contributed by atoms with Crippen LogP contribution in [0.1, 0.15) is 75.4 Å². The maximum absolute atomic E-state index is 6.35. The lowest BCUT2D eigenvalue weighted by Crippen LogP contribution is -2.51. The number of nitrogens with zero attached hydrogens (tertiary/aromatic N) is 2. The van der Waals surface area contributed by atoms with Gasteiger partial charge in [-0.15, -0.1) is 0 Å². The summed E-state index contributed by atoms with van der Waals surface area (Å²) in [5, 5.41) is 0. The number of piperazine rings is 1. The van der Waals surface area contributed by atoms with Gasteiger partial charge in [0.15, 0.2) is 0 Å². The van der Waals surface area contributed by atoms with Gasteiger partial charge in [-0.25, -0.2) is 0 Å². The van der Waals surface area contributed by atoms with Crippen LogP contribution in [0.2, 0.25) is 0 Å². The molecule has 3 heteroatoms. The maximum atomic E-state index is 6.35. The Hall–Kier alpha value is -4.44. The molecule has 250 valence electrons. The minimum Gasteiger partial charge on any atom is -0.492 e. The summed E-state index contributed by atoms with van der Waals surface area (Å²) in [6, 6.07) is 52.4. The van der Waals surface area contributed by atoms with Gasteiger partial charge in [0.1, 0.15) is 12.4 Å². The Labute approximate surface area is 290 Å². The predicted octanol–water partition coefficient (Wildman–Crippen LogP) is 10.9. The van der Waals surface area contributed by atoms with Gasteiger partial charge in [0.2, 0.25) is 0 Å². The quantitative estimate of drug-likeness (QED) is 0.142. The Morgan fingerprint density at radius 2 is 0.917 bits per heavy atom. The summed E-state index contributed by atoms with van der Waals surface area (Å²) in [5.74, 6) is 0.914. The van der Waals surface area contributed by atoms with Crippen LogP contribution < -0.4 is 4.74 Å².